The van der Waals surface area contributed by atoms with Crippen molar-refractivity contribution in [2.75, 3.05) is 13.7 Å². The van der Waals surface area contributed by atoms with Gasteiger partial charge in [0.25, 0.3) is 0 Å². The van der Waals surface area contributed by atoms with Crippen LogP contribution in [0.1, 0.15) is 30.5 Å². The summed E-state index contributed by atoms with van der Waals surface area (Å²) in [5, 5.41) is 3.48. The number of ether oxygens (including phenoxy) is 1. The standard InChI is InChI=1S/C14H18N4O/c1-3-6-17-13(11-8-15-10-16-9-11)12-5-4-7-18-14(12)19-2/h4-5,7-10,13,17H,3,6H2,1-2H3. The maximum Gasteiger partial charge on any atom is 0.218 e. The van der Waals surface area contributed by atoms with Gasteiger partial charge in [-0.15, -0.1) is 0 Å². The van der Waals surface area contributed by atoms with Crippen LogP contribution < -0.4 is 10.1 Å². The Kier molecular flexibility index (Phi) is 4.80. The molecule has 0 radical (unpaired) electrons. The summed E-state index contributed by atoms with van der Waals surface area (Å²) in [5.41, 5.74) is 2.00. The van der Waals surface area contributed by atoms with E-state index in [2.05, 4.69) is 27.2 Å². The van der Waals surface area contributed by atoms with Gasteiger partial charge in [0.15, 0.2) is 0 Å². The lowest BCUT2D eigenvalue weighted by Gasteiger charge is -2.20. The normalized spacial score (nSPS) is 12.1. The molecule has 0 aliphatic carbocycles. The Labute approximate surface area is 113 Å². The molecule has 5 nitrogen and oxygen atoms in total. The van der Waals surface area contributed by atoms with Crippen molar-refractivity contribution in [3.8, 4) is 5.88 Å². The van der Waals surface area contributed by atoms with E-state index in [0.29, 0.717) is 5.88 Å². The third kappa shape index (κ3) is 3.26. The Morgan fingerprint density at radius 2 is 2.11 bits per heavy atom. The smallest absolute Gasteiger partial charge is 0.218 e. The average molecular weight is 258 g/mol. The van der Waals surface area contributed by atoms with Crippen LogP contribution in [0, 0.1) is 0 Å². The van der Waals surface area contributed by atoms with Gasteiger partial charge in [-0.25, -0.2) is 15.0 Å². The van der Waals surface area contributed by atoms with Crippen LogP contribution in [-0.4, -0.2) is 28.6 Å². The molecule has 0 aliphatic rings. The number of nitrogens with zero attached hydrogens (tertiary/aromatic N) is 3. The van der Waals surface area contributed by atoms with Crippen LogP contribution in [0.2, 0.25) is 0 Å². The maximum atomic E-state index is 5.34. The summed E-state index contributed by atoms with van der Waals surface area (Å²) in [5.74, 6) is 0.625. The predicted molar refractivity (Wildman–Crippen MR) is 73.0 cm³/mol. The number of hydrogen-bond acceptors (Lipinski definition) is 5. The van der Waals surface area contributed by atoms with Crippen LogP contribution >= 0.6 is 0 Å². The number of pyridine rings is 1. The fourth-order valence-corrected chi connectivity index (χ4v) is 1.95. The van der Waals surface area contributed by atoms with Crippen molar-refractivity contribution in [1.29, 1.82) is 0 Å². The molecule has 0 amide bonds. The van der Waals surface area contributed by atoms with E-state index >= 15 is 0 Å². The molecule has 0 bridgehead atoms. The zero-order valence-electron chi connectivity index (χ0n) is 11.2. The van der Waals surface area contributed by atoms with Crippen molar-refractivity contribution in [1.82, 2.24) is 20.3 Å². The van der Waals surface area contributed by atoms with E-state index in [1.54, 1.807) is 13.3 Å². The fourth-order valence-electron chi connectivity index (χ4n) is 1.95. The summed E-state index contributed by atoms with van der Waals surface area (Å²) in [7, 11) is 1.63. The fraction of sp³-hybridized carbons (Fsp3) is 0.357. The molecule has 1 unspecified atom stereocenters. The highest BCUT2D eigenvalue weighted by Gasteiger charge is 2.18. The molecule has 5 heteroatoms. The molecule has 2 heterocycles. The lowest BCUT2D eigenvalue weighted by Crippen LogP contribution is -2.24. The van der Waals surface area contributed by atoms with Crippen LogP contribution in [0.3, 0.4) is 0 Å². The Balaban J connectivity index is 2.37. The van der Waals surface area contributed by atoms with E-state index in [4.69, 9.17) is 4.74 Å². The van der Waals surface area contributed by atoms with Gasteiger partial charge in [0.05, 0.1) is 13.2 Å². The van der Waals surface area contributed by atoms with E-state index in [9.17, 15) is 0 Å². The number of hydrogen-bond donors (Lipinski definition) is 1. The predicted octanol–water partition coefficient (Wildman–Crippen LogP) is 1.97. The minimum absolute atomic E-state index is 0.00944. The molecule has 2 aromatic heterocycles. The van der Waals surface area contributed by atoms with E-state index in [0.717, 1.165) is 24.1 Å². The number of aromatic nitrogens is 3. The summed E-state index contributed by atoms with van der Waals surface area (Å²) in [6.45, 7) is 3.03. The number of nitrogens with one attached hydrogen (secondary N) is 1. The zero-order valence-corrected chi connectivity index (χ0v) is 11.2. The van der Waals surface area contributed by atoms with Gasteiger partial charge < -0.3 is 10.1 Å². The lowest BCUT2D eigenvalue weighted by atomic mass is 10.0. The van der Waals surface area contributed by atoms with Crippen molar-refractivity contribution in [3.63, 3.8) is 0 Å². The second kappa shape index (κ2) is 6.80. The SMILES string of the molecule is CCCNC(c1cncnc1)c1cccnc1OC. The number of rotatable bonds is 6. The van der Waals surface area contributed by atoms with Crippen LogP contribution in [0.4, 0.5) is 0 Å². The van der Waals surface area contributed by atoms with E-state index in [1.807, 2.05) is 24.5 Å². The molecule has 0 spiro atoms. The molecule has 100 valence electrons. The molecule has 0 fully saturated rings. The Bertz CT molecular complexity index is 504. The average Bonchev–Trinajstić information content (AvgIpc) is 2.49. The van der Waals surface area contributed by atoms with Gasteiger partial charge in [0.2, 0.25) is 5.88 Å². The van der Waals surface area contributed by atoms with Gasteiger partial charge in [-0.1, -0.05) is 13.0 Å². The van der Waals surface area contributed by atoms with E-state index in [-0.39, 0.29) is 6.04 Å². The Morgan fingerprint density at radius 3 is 2.79 bits per heavy atom. The first-order valence-corrected chi connectivity index (χ1v) is 6.34. The van der Waals surface area contributed by atoms with Crippen molar-refractivity contribution >= 4 is 0 Å². The Morgan fingerprint density at radius 1 is 1.32 bits per heavy atom. The van der Waals surface area contributed by atoms with Crippen LogP contribution in [-0.2, 0) is 0 Å². The van der Waals surface area contributed by atoms with Crippen molar-refractivity contribution < 1.29 is 4.74 Å². The monoisotopic (exact) mass is 258 g/mol. The molecular formula is C14H18N4O. The third-order valence-corrected chi connectivity index (χ3v) is 2.82. The summed E-state index contributed by atoms with van der Waals surface area (Å²) < 4.78 is 5.34. The van der Waals surface area contributed by atoms with Gasteiger partial charge in [-0.3, -0.25) is 0 Å². The second-order valence-electron chi connectivity index (χ2n) is 4.16. The van der Waals surface area contributed by atoms with Crippen molar-refractivity contribution in [2.24, 2.45) is 0 Å². The molecule has 0 aromatic carbocycles. The maximum absolute atomic E-state index is 5.34. The van der Waals surface area contributed by atoms with Crippen molar-refractivity contribution in [3.05, 3.63) is 48.2 Å². The summed E-state index contributed by atoms with van der Waals surface area (Å²) in [6, 6.07) is 3.90. The summed E-state index contributed by atoms with van der Waals surface area (Å²) in [6.07, 6.45) is 7.92. The second-order valence-corrected chi connectivity index (χ2v) is 4.16. The third-order valence-electron chi connectivity index (χ3n) is 2.82. The summed E-state index contributed by atoms with van der Waals surface area (Å²) in [4.78, 5) is 12.4. The Hall–Kier alpha value is -2.01. The van der Waals surface area contributed by atoms with Gasteiger partial charge in [0.1, 0.15) is 6.33 Å². The first kappa shape index (κ1) is 13.4. The lowest BCUT2D eigenvalue weighted by molar-refractivity contribution is 0.386. The first-order valence-electron chi connectivity index (χ1n) is 6.34. The molecule has 0 aliphatic heterocycles. The van der Waals surface area contributed by atoms with Gasteiger partial charge in [0, 0.05) is 29.7 Å². The molecular weight excluding hydrogens is 240 g/mol. The topological polar surface area (TPSA) is 59.9 Å². The molecule has 0 saturated carbocycles. The largest absolute Gasteiger partial charge is 0.481 e. The molecule has 1 atom stereocenters. The van der Waals surface area contributed by atoms with Gasteiger partial charge >= 0.3 is 0 Å². The molecule has 1 N–H and O–H groups in total. The van der Waals surface area contributed by atoms with Crippen LogP contribution in [0.5, 0.6) is 5.88 Å². The molecule has 2 rings (SSSR count). The summed E-state index contributed by atoms with van der Waals surface area (Å²) >= 11 is 0. The quantitative estimate of drug-likeness (QED) is 0.858. The molecule has 0 saturated heterocycles. The minimum Gasteiger partial charge on any atom is -0.481 e. The van der Waals surface area contributed by atoms with Crippen molar-refractivity contribution in [2.45, 2.75) is 19.4 Å². The highest BCUT2D eigenvalue weighted by Crippen LogP contribution is 2.27. The highest BCUT2D eigenvalue weighted by molar-refractivity contribution is 5.35. The number of methoxy groups -OCH3 is 1. The zero-order chi connectivity index (χ0) is 13.5. The highest BCUT2D eigenvalue weighted by atomic mass is 16.5. The first-order chi connectivity index (χ1) is 9.36. The molecule has 19 heavy (non-hydrogen) atoms. The van der Waals surface area contributed by atoms with E-state index in [1.165, 1.54) is 6.33 Å². The minimum atomic E-state index is -0.00944. The van der Waals surface area contributed by atoms with Gasteiger partial charge in [-0.05, 0) is 19.0 Å². The van der Waals surface area contributed by atoms with E-state index < -0.39 is 0 Å². The molecule has 2 aromatic rings. The van der Waals surface area contributed by atoms with Crippen LogP contribution in [0.15, 0.2) is 37.1 Å². The van der Waals surface area contributed by atoms with Gasteiger partial charge in [-0.2, -0.15) is 0 Å². The van der Waals surface area contributed by atoms with Crippen LogP contribution in [0.25, 0.3) is 0 Å².